The van der Waals surface area contributed by atoms with Crippen LogP contribution in [0.5, 0.6) is 0 Å². The van der Waals surface area contributed by atoms with E-state index in [-0.39, 0.29) is 5.41 Å². The van der Waals surface area contributed by atoms with Gasteiger partial charge in [0, 0.05) is 18.0 Å². The molecule has 2 nitrogen and oxygen atoms in total. The van der Waals surface area contributed by atoms with Crippen molar-refractivity contribution in [1.82, 2.24) is 4.98 Å². The van der Waals surface area contributed by atoms with Crippen LogP contribution in [0, 0.1) is 5.41 Å². The number of hydrogen-bond acceptors (Lipinski definition) is 2. The Morgan fingerprint density at radius 2 is 2.00 bits per heavy atom. The molecule has 1 heterocycles. The second-order valence-electron chi connectivity index (χ2n) is 4.21. The Morgan fingerprint density at radius 1 is 1.38 bits per heavy atom. The van der Waals surface area contributed by atoms with Gasteiger partial charge in [-0.1, -0.05) is 32.4 Å². The van der Waals surface area contributed by atoms with E-state index < -0.39 is 6.10 Å². The molecule has 3 heteroatoms. The zero-order valence-electron chi connectivity index (χ0n) is 8.08. The van der Waals surface area contributed by atoms with E-state index in [1.165, 1.54) is 0 Å². The summed E-state index contributed by atoms with van der Waals surface area (Å²) in [5.41, 5.74) is 0.576. The summed E-state index contributed by atoms with van der Waals surface area (Å²) in [6.07, 6.45) is 2.67. The molecule has 0 amide bonds. The minimum absolute atomic E-state index is 0.188. The van der Waals surface area contributed by atoms with Crippen molar-refractivity contribution < 1.29 is 5.11 Å². The first kappa shape index (κ1) is 10.5. The fraction of sp³-hybridized carbons (Fsp3) is 0.500. The van der Waals surface area contributed by atoms with Crippen molar-refractivity contribution in [2.24, 2.45) is 5.41 Å². The average Bonchev–Trinajstić information content (AvgIpc) is 2.01. The van der Waals surface area contributed by atoms with E-state index in [0.29, 0.717) is 5.02 Å². The van der Waals surface area contributed by atoms with Crippen LogP contribution in [0.1, 0.15) is 32.4 Å². The van der Waals surface area contributed by atoms with Crippen LogP contribution in [0.4, 0.5) is 0 Å². The van der Waals surface area contributed by atoms with Gasteiger partial charge in [0.15, 0.2) is 0 Å². The maximum atomic E-state index is 9.88. The zero-order valence-corrected chi connectivity index (χ0v) is 8.84. The minimum Gasteiger partial charge on any atom is -0.388 e. The molecule has 1 N–H and O–H groups in total. The minimum atomic E-state index is -0.529. The Bertz CT molecular complexity index is 293. The van der Waals surface area contributed by atoms with Crippen molar-refractivity contribution in [1.29, 1.82) is 0 Å². The van der Waals surface area contributed by atoms with Gasteiger partial charge in [0.2, 0.25) is 0 Å². The summed E-state index contributed by atoms with van der Waals surface area (Å²) in [6.45, 7) is 5.91. The summed E-state index contributed by atoms with van der Waals surface area (Å²) in [5.74, 6) is 0. The van der Waals surface area contributed by atoms with Crippen LogP contribution in [0.15, 0.2) is 18.5 Å². The first-order chi connectivity index (χ1) is 5.91. The summed E-state index contributed by atoms with van der Waals surface area (Å²) < 4.78 is 0. The molecule has 0 saturated heterocycles. The maximum absolute atomic E-state index is 9.88. The SMILES string of the molecule is CC(C)(C)C(O)c1cncc(Cl)c1. The molecule has 0 aliphatic heterocycles. The highest BCUT2D eigenvalue weighted by atomic mass is 35.5. The Balaban J connectivity index is 2.96. The molecule has 1 unspecified atom stereocenters. The van der Waals surface area contributed by atoms with Gasteiger partial charge in [-0.25, -0.2) is 0 Å². The van der Waals surface area contributed by atoms with Gasteiger partial charge in [0.25, 0.3) is 0 Å². The van der Waals surface area contributed by atoms with Gasteiger partial charge in [-0.05, 0) is 11.5 Å². The van der Waals surface area contributed by atoms with Gasteiger partial charge >= 0.3 is 0 Å². The van der Waals surface area contributed by atoms with Crippen molar-refractivity contribution in [3.63, 3.8) is 0 Å². The molecule has 1 aromatic rings. The maximum Gasteiger partial charge on any atom is 0.0853 e. The van der Waals surface area contributed by atoms with Crippen LogP contribution in [-0.4, -0.2) is 10.1 Å². The molecule has 0 fully saturated rings. The lowest BCUT2D eigenvalue weighted by atomic mass is 9.85. The quantitative estimate of drug-likeness (QED) is 0.755. The molecule has 0 radical (unpaired) electrons. The van der Waals surface area contributed by atoms with Crippen molar-refractivity contribution in [3.8, 4) is 0 Å². The molecule has 1 aromatic heterocycles. The summed E-state index contributed by atoms with van der Waals surface area (Å²) in [7, 11) is 0. The van der Waals surface area contributed by atoms with Gasteiger partial charge in [0.1, 0.15) is 0 Å². The lowest BCUT2D eigenvalue weighted by Gasteiger charge is -2.25. The highest BCUT2D eigenvalue weighted by Crippen LogP contribution is 2.32. The van der Waals surface area contributed by atoms with Crippen molar-refractivity contribution in [2.45, 2.75) is 26.9 Å². The van der Waals surface area contributed by atoms with Crippen molar-refractivity contribution in [2.75, 3.05) is 0 Å². The van der Waals surface area contributed by atoms with E-state index in [0.717, 1.165) is 5.56 Å². The van der Waals surface area contributed by atoms with Gasteiger partial charge < -0.3 is 5.11 Å². The molecule has 0 aromatic carbocycles. The number of pyridine rings is 1. The zero-order chi connectivity index (χ0) is 10.1. The van der Waals surface area contributed by atoms with E-state index in [1.54, 1.807) is 18.5 Å². The first-order valence-corrected chi connectivity index (χ1v) is 4.57. The van der Waals surface area contributed by atoms with Gasteiger partial charge in [-0.15, -0.1) is 0 Å². The monoisotopic (exact) mass is 199 g/mol. The summed E-state index contributed by atoms with van der Waals surface area (Å²) in [6, 6.07) is 1.74. The molecule has 0 aliphatic carbocycles. The Morgan fingerprint density at radius 3 is 2.46 bits per heavy atom. The number of aliphatic hydroxyl groups is 1. The fourth-order valence-electron chi connectivity index (χ4n) is 1.08. The summed E-state index contributed by atoms with van der Waals surface area (Å²) >= 11 is 5.77. The number of hydrogen-bond donors (Lipinski definition) is 1. The smallest absolute Gasteiger partial charge is 0.0853 e. The van der Waals surface area contributed by atoms with E-state index >= 15 is 0 Å². The normalized spacial score (nSPS) is 14.2. The number of rotatable bonds is 1. The standard InChI is InChI=1S/C10H14ClNO/c1-10(2,3)9(13)7-4-8(11)6-12-5-7/h4-6,9,13H,1-3H3. The van der Waals surface area contributed by atoms with Crippen LogP contribution in [0.25, 0.3) is 0 Å². The predicted octanol–water partition coefficient (Wildman–Crippen LogP) is 2.81. The number of halogens is 1. The fourth-order valence-corrected chi connectivity index (χ4v) is 1.26. The number of nitrogens with zero attached hydrogens (tertiary/aromatic N) is 1. The molecule has 0 bridgehead atoms. The van der Waals surface area contributed by atoms with Crippen LogP contribution < -0.4 is 0 Å². The lowest BCUT2D eigenvalue weighted by Crippen LogP contribution is -2.17. The van der Waals surface area contributed by atoms with Crippen molar-refractivity contribution >= 4 is 11.6 Å². The van der Waals surface area contributed by atoms with Crippen LogP contribution in [0.3, 0.4) is 0 Å². The van der Waals surface area contributed by atoms with E-state index in [9.17, 15) is 5.11 Å². The van der Waals surface area contributed by atoms with E-state index in [1.807, 2.05) is 20.8 Å². The summed E-state index contributed by atoms with van der Waals surface area (Å²) in [5, 5.41) is 10.4. The molecular weight excluding hydrogens is 186 g/mol. The summed E-state index contributed by atoms with van der Waals surface area (Å²) in [4.78, 5) is 3.93. The molecule has 13 heavy (non-hydrogen) atoms. The first-order valence-electron chi connectivity index (χ1n) is 4.20. The second-order valence-corrected chi connectivity index (χ2v) is 4.64. The highest BCUT2D eigenvalue weighted by Gasteiger charge is 2.23. The Labute approximate surface area is 83.6 Å². The molecule has 0 aliphatic rings. The predicted molar refractivity (Wildman–Crippen MR) is 53.7 cm³/mol. The lowest BCUT2D eigenvalue weighted by molar-refractivity contribution is 0.0624. The molecule has 1 atom stereocenters. The van der Waals surface area contributed by atoms with Crippen LogP contribution >= 0.6 is 11.6 Å². The largest absolute Gasteiger partial charge is 0.388 e. The van der Waals surface area contributed by atoms with Crippen LogP contribution in [-0.2, 0) is 0 Å². The number of aromatic nitrogens is 1. The molecule has 1 rings (SSSR count). The third-order valence-corrected chi connectivity index (χ3v) is 2.07. The Hall–Kier alpha value is -0.600. The van der Waals surface area contributed by atoms with Crippen molar-refractivity contribution in [3.05, 3.63) is 29.0 Å². The molecule has 72 valence electrons. The molecule has 0 saturated carbocycles. The molecular formula is C10H14ClNO. The van der Waals surface area contributed by atoms with E-state index in [2.05, 4.69) is 4.98 Å². The van der Waals surface area contributed by atoms with Gasteiger partial charge in [-0.2, -0.15) is 0 Å². The molecule has 0 spiro atoms. The Kier molecular flexibility index (Phi) is 2.94. The average molecular weight is 200 g/mol. The second kappa shape index (κ2) is 3.64. The van der Waals surface area contributed by atoms with E-state index in [4.69, 9.17) is 11.6 Å². The third kappa shape index (κ3) is 2.68. The highest BCUT2D eigenvalue weighted by molar-refractivity contribution is 6.30. The third-order valence-electron chi connectivity index (χ3n) is 1.86. The van der Waals surface area contributed by atoms with Gasteiger partial charge in [0.05, 0.1) is 11.1 Å². The topological polar surface area (TPSA) is 33.1 Å². The number of aliphatic hydroxyl groups excluding tert-OH is 1. The van der Waals surface area contributed by atoms with Crippen LogP contribution in [0.2, 0.25) is 5.02 Å². The van der Waals surface area contributed by atoms with Gasteiger partial charge in [-0.3, -0.25) is 4.98 Å².